The van der Waals surface area contributed by atoms with E-state index in [2.05, 4.69) is 28.7 Å². The molecule has 0 N–H and O–H groups in total. The Labute approximate surface area is 127 Å². The zero-order valence-electron chi connectivity index (χ0n) is 13.4. The molecule has 2 rings (SSSR count). The maximum atomic E-state index is 12.4. The molecule has 0 atom stereocenters. The molecule has 0 aliphatic carbocycles. The van der Waals surface area contributed by atoms with Gasteiger partial charge in [0, 0.05) is 32.7 Å². The fourth-order valence-electron chi connectivity index (χ4n) is 2.57. The van der Waals surface area contributed by atoms with Crippen molar-refractivity contribution in [2.75, 3.05) is 31.6 Å². The van der Waals surface area contributed by atoms with Crippen LogP contribution in [0.25, 0.3) is 0 Å². The second-order valence-electron chi connectivity index (χ2n) is 6.01. The highest BCUT2D eigenvalue weighted by Gasteiger charge is 2.19. The molecule has 1 amide bonds. The maximum Gasteiger partial charge on any atom is 0.272 e. The molecule has 1 aliphatic rings. The molecule has 0 aromatic carbocycles. The number of amides is 1. The van der Waals surface area contributed by atoms with Gasteiger partial charge in [-0.3, -0.25) is 4.79 Å². The summed E-state index contributed by atoms with van der Waals surface area (Å²) in [6.45, 7) is 7.21. The zero-order valence-corrected chi connectivity index (χ0v) is 13.4. The van der Waals surface area contributed by atoms with E-state index < -0.39 is 0 Å². The SMILES string of the molecule is CCCCN(C)C(=O)c1cc(N2CCC(C)CC2)ncn1. The van der Waals surface area contributed by atoms with Crippen LogP contribution in [0.4, 0.5) is 5.82 Å². The number of hydrogen-bond acceptors (Lipinski definition) is 4. The highest BCUT2D eigenvalue weighted by molar-refractivity contribution is 5.92. The van der Waals surface area contributed by atoms with Crippen LogP contribution in [-0.4, -0.2) is 47.5 Å². The Kier molecular flexibility index (Phi) is 5.53. The maximum absolute atomic E-state index is 12.4. The molecule has 0 unspecified atom stereocenters. The first-order valence-electron chi connectivity index (χ1n) is 7.94. The minimum atomic E-state index is -0.0162. The summed E-state index contributed by atoms with van der Waals surface area (Å²) in [5.41, 5.74) is 0.497. The van der Waals surface area contributed by atoms with E-state index in [-0.39, 0.29) is 5.91 Å². The lowest BCUT2D eigenvalue weighted by Gasteiger charge is -2.31. The van der Waals surface area contributed by atoms with Gasteiger partial charge in [0.15, 0.2) is 0 Å². The van der Waals surface area contributed by atoms with Gasteiger partial charge in [0.1, 0.15) is 17.8 Å². The third-order valence-corrected chi connectivity index (χ3v) is 4.17. The Balaban J connectivity index is 2.05. The monoisotopic (exact) mass is 290 g/mol. The van der Waals surface area contributed by atoms with Crippen LogP contribution in [0.1, 0.15) is 50.0 Å². The second kappa shape index (κ2) is 7.38. The molecule has 1 saturated heterocycles. The fraction of sp³-hybridized carbons (Fsp3) is 0.688. The summed E-state index contributed by atoms with van der Waals surface area (Å²) in [6.07, 6.45) is 5.98. The van der Waals surface area contributed by atoms with Crippen LogP contribution in [0.2, 0.25) is 0 Å². The van der Waals surface area contributed by atoms with Gasteiger partial charge in [-0.25, -0.2) is 9.97 Å². The van der Waals surface area contributed by atoms with Crippen LogP contribution < -0.4 is 4.90 Å². The van der Waals surface area contributed by atoms with Gasteiger partial charge in [0.05, 0.1) is 0 Å². The van der Waals surface area contributed by atoms with E-state index in [1.807, 2.05) is 13.1 Å². The Hall–Kier alpha value is -1.65. The molecular weight excluding hydrogens is 264 g/mol. The summed E-state index contributed by atoms with van der Waals surface area (Å²) in [5, 5.41) is 0. The number of piperidine rings is 1. The van der Waals surface area contributed by atoms with Crippen LogP contribution in [0, 0.1) is 5.92 Å². The number of anilines is 1. The highest BCUT2D eigenvalue weighted by atomic mass is 16.2. The Morgan fingerprint density at radius 2 is 2.10 bits per heavy atom. The van der Waals surface area contributed by atoms with Crippen LogP contribution in [0.5, 0.6) is 0 Å². The van der Waals surface area contributed by atoms with Gasteiger partial charge in [0.25, 0.3) is 5.91 Å². The average molecular weight is 290 g/mol. The van der Waals surface area contributed by atoms with Crippen molar-refractivity contribution in [2.45, 2.75) is 39.5 Å². The van der Waals surface area contributed by atoms with Crippen molar-refractivity contribution in [1.29, 1.82) is 0 Å². The molecule has 0 bridgehead atoms. The smallest absolute Gasteiger partial charge is 0.272 e. The summed E-state index contributed by atoms with van der Waals surface area (Å²) in [7, 11) is 1.84. The molecule has 116 valence electrons. The van der Waals surface area contributed by atoms with Gasteiger partial charge in [-0.1, -0.05) is 20.3 Å². The quantitative estimate of drug-likeness (QED) is 0.836. The molecule has 0 spiro atoms. The number of carbonyl (C=O) groups is 1. The molecule has 1 aliphatic heterocycles. The van der Waals surface area contributed by atoms with Crippen molar-refractivity contribution in [1.82, 2.24) is 14.9 Å². The van der Waals surface area contributed by atoms with E-state index >= 15 is 0 Å². The first kappa shape index (κ1) is 15.7. The molecular formula is C16H26N4O. The standard InChI is InChI=1S/C16H26N4O/c1-4-5-8-19(3)16(21)14-11-15(18-12-17-14)20-9-6-13(2)7-10-20/h11-13H,4-10H2,1-3H3. The van der Waals surface area contributed by atoms with Crippen LogP contribution in [-0.2, 0) is 0 Å². The van der Waals surface area contributed by atoms with Gasteiger partial charge in [-0.15, -0.1) is 0 Å². The molecule has 5 nitrogen and oxygen atoms in total. The summed E-state index contributed by atoms with van der Waals surface area (Å²) in [6, 6.07) is 1.83. The number of carbonyl (C=O) groups excluding carboxylic acids is 1. The van der Waals surface area contributed by atoms with Crippen LogP contribution in [0.3, 0.4) is 0 Å². The molecule has 1 fully saturated rings. The third-order valence-electron chi connectivity index (χ3n) is 4.17. The highest BCUT2D eigenvalue weighted by Crippen LogP contribution is 2.21. The predicted molar refractivity (Wildman–Crippen MR) is 84.5 cm³/mol. The molecule has 5 heteroatoms. The number of unbranched alkanes of at least 4 members (excludes halogenated alkanes) is 1. The van der Waals surface area contributed by atoms with Crippen molar-refractivity contribution in [3.8, 4) is 0 Å². The van der Waals surface area contributed by atoms with Gasteiger partial charge in [-0.05, 0) is 25.2 Å². The fourth-order valence-corrected chi connectivity index (χ4v) is 2.57. The average Bonchev–Trinajstić information content (AvgIpc) is 2.52. The lowest BCUT2D eigenvalue weighted by Crippen LogP contribution is -2.34. The summed E-state index contributed by atoms with van der Waals surface area (Å²) in [4.78, 5) is 24.8. The molecule has 0 radical (unpaired) electrons. The topological polar surface area (TPSA) is 49.3 Å². The van der Waals surface area contributed by atoms with Gasteiger partial charge in [0.2, 0.25) is 0 Å². The van der Waals surface area contributed by atoms with E-state index in [0.29, 0.717) is 5.69 Å². The summed E-state index contributed by atoms with van der Waals surface area (Å²) < 4.78 is 0. The number of aromatic nitrogens is 2. The zero-order chi connectivity index (χ0) is 15.2. The van der Waals surface area contributed by atoms with Gasteiger partial charge in [-0.2, -0.15) is 0 Å². The molecule has 21 heavy (non-hydrogen) atoms. The van der Waals surface area contributed by atoms with Crippen molar-refractivity contribution in [3.05, 3.63) is 18.1 Å². The summed E-state index contributed by atoms with van der Waals surface area (Å²) >= 11 is 0. The van der Waals surface area contributed by atoms with Crippen molar-refractivity contribution in [2.24, 2.45) is 5.92 Å². The van der Waals surface area contributed by atoms with E-state index in [0.717, 1.165) is 44.2 Å². The lowest BCUT2D eigenvalue weighted by molar-refractivity contribution is 0.0787. The second-order valence-corrected chi connectivity index (χ2v) is 6.01. The first-order valence-corrected chi connectivity index (χ1v) is 7.94. The van der Waals surface area contributed by atoms with E-state index in [9.17, 15) is 4.79 Å². The summed E-state index contributed by atoms with van der Waals surface area (Å²) in [5.74, 6) is 1.64. The number of nitrogens with zero attached hydrogens (tertiary/aromatic N) is 4. The van der Waals surface area contributed by atoms with E-state index in [1.165, 1.54) is 19.2 Å². The largest absolute Gasteiger partial charge is 0.356 e. The van der Waals surface area contributed by atoms with Crippen molar-refractivity contribution >= 4 is 11.7 Å². The Morgan fingerprint density at radius 1 is 1.38 bits per heavy atom. The number of rotatable bonds is 5. The first-order chi connectivity index (χ1) is 10.1. The lowest BCUT2D eigenvalue weighted by atomic mass is 9.99. The molecule has 2 heterocycles. The molecule has 1 aromatic rings. The Morgan fingerprint density at radius 3 is 2.76 bits per heavy atom. The predicted octanol–water partition coefficient (Wildman–Crippen LogP) is 2.59. The van der Waals surface area contributed by atoms with Crippen LogP contribution in [0.15, 0.2) is 12.4 Å². The van der Waals surface area contributed by atoms with Crippen molar-refractivity contribution < 1.29 is 4.79 Å². The van der Waals surface area contributed by atoms with Crippen LogP contribution >= 0.6 is 0 Å². The van der Waals surface area contributed by atoms with Gasteiger partial charge < -0.3 is 9.80 Å². The molecule has 1 aromatic heterocycles. The minimum Gasteiger partial charge on any atom is -0.356 e. The third kappa shape index (κ3) is 4.16. The van der Waals surface area contributed by atoms with Gasteiger partial charge >= 0.3 is 0 Å². The normalized spacial score (nSPS) is 16.0. The number of hydrogen-bond donors (Lipinski definition) is 0. The van der Waals surface area contributed by atoms with Crippen molar-refractivity contribution in [3.63, 3.8) is 0 Å². The van der Waals surface area contributed by atoms with E-state index in [1.54, 1.807) is 4.90 Å². The Bertz CT molecular complexity index is 469. The molecule has 0 saturated carbocycles. The van der Waals surface area contributed by atoms with E-state index in [4.69, 9.17) is 0 Å². The minimum absolute atomic E-state index is 0.0162.